The smallest absolute Gasteiger partial charge is 0.255 e. The van der Waals surface area contributed by atoms with Crippen LogP contribution in [0.1, 0.15) is 53.7 Å². The summed E-state index contributed by atoms with van der Waals surface area (Å²) in [5.41, 5.74) is 4.33. The highest BCUT2D eigenvalue weighted by Crippen LogP contribution is 2.34. The molecule has 2 fully saturated rings. The molecule has 4 N–H and O–H groups in total. The van der Waals surface area contributed by atoms with Gasteiger partial charge >= 0.3 is 0 Å². The maximum atomic E-state index is 13.0. The zero-order valence-electron chi connectivity index (χ0n) is 22.2. The number of carbonyl (C=O) groups is 1. The number of aromatic nitrogens is 3. The number of nitrogens with one attached hydrogen (secondary N) is 3. The van der Waals surface area contributed by atoms with Gasteiger partial charge in [-0.05, 0) is 56.3 Å². The topological polar surface area (TPSA) is 122 Å². The highest BCUT2D eigenvalue weighted by molar-refractivity contribution is 6.21. The Hall–Kier alpha value is -4.18. The molecule has 4 heterocycles. The van der Waals surface area contributed by atoms with Gasteiger partial charge in [0.25, 0.3) is 5.91 Å². The van der Waals surface area contributed by atoms with E-state index in [-0.39, 0.29) is 11.8 Å². The maximum Gasteiger partial charge on any atom is 0.255 e. The number of aromatic amines is 1. The van der Waals surface area contributed by atoms with Gasteiger partial charge in [0.15, 0.2) is 5.82 Å². The van der Waals surface area contributed by atoms with E-state index in [4.69, 9.17) is 0 Å². The van der Waals surface area contributed by atoms with Gasteiger partial charge in [0, 0.05) is 60.8 Å². The van der Waals surface area contributed by atoms with Gasteiger partial charge < -0.3 is 30.5 Å². The Labute approximate surface area is 227 Å². The standard InChI is InChI=1S/C29H34N8O2/c1-36-11-13-37(14-12-36)23-9-7-19(8-10-23)27(38)32-22-16-24-20(17-30-26(24)31-18-22)15-25-28(39)35-29(34-25)33-21-5-3-2-4-6-21/h7-10,15-18,21,39H,2-6,11-14H2,1H3,(H,32,38)(H2,33,34,35). The number of imidazole rings is 1. The number of amides is 1. The first kappa shape index (κ1) is 25.1. The summed E-state index contributed by atoms with van der Waals surface area (Å²) < 4.78 is 0. The van der Waals surface area contributed by atoms with Gasteiger partial charge in [-0.3, -0.25) is 4.79 Å². The molecule has 10 heteroatoms. The number of pyridine rings is 1. The first-order valence-corrected chi connectivity index (χ1v) is 13.7. The Morgan fingerprint density at radius 1 is 1.10 bits per heavy atom. The number of rotatable bonds is 6. The minimum Gasteiger partial charge on any atom is -0.492 e. The molecule has 6 rings (SSSR count). The first-order chi connectivity index (χ1) is 19.0. The van der Waals surface area contributed by atoms with E-state index in [9.17, 15) is 9.90 Å². The quantitative estimate of drug-likeness (QED) is 0.373. The molecule has 0 unspecified atom stereocenters. The van der Waals surface area contributed by atoms with Crippen LogP contribution in [0.15, 0.2) is 41.5 Å². The Bertz CT molecular complexity index is 1400. The number of carbonyl (C=O) groups excluding carboxylic acids is 1. The minimum atomic E-state index is -0.198. The third-order valence-corrected chi connectivity index (χ3v) is 7.72. The highest BCUT2D eigenvalue weighted by atomic mass is 16.3. The summed E-state index contributed by atoms with van der Waals surface area (Å²) in [6, 6.07) is 9.95. The number of allylic oxidation sites excluding steroid dienone is 1. The summed E-state index contributed by atoms with van der Waals surface area (Å²) >= 11 is 0. The molecule has 1 aromatic carbocycles. The second-order valence-corrected chi connectivity index (χ2v) is 10.5. The van der Waals surface area contributed by atoms with Crippen molar-refractivity contribution in [3.05, 3.63) is 53.3 Å². The van der Waals surface area contributed by atoms with E-state index >= 15 is 0 Å². The lowest BCUT2D eigenvalue weighted by Gasteiger charge is -2.34. The van der Waals surface area contributed by atoms with Crippen molar-refractivity contribution in [2.45, 2.75) is 38.1 Å². The van der Waals surface area contributed by atoms with Gasteiger partial charge in [-0.25, -0.2) is 9.98 Å². The zero-order valence-corrected chi connectivity index (χ0v) is 22.2. The predicted octanol–water partition coefficient (Wildman–Crippen LogP) is 4.52. The average molecular weight is 527 g/mol. The molecule has 0 radical (unpaired) electrons. The van der Waals surface area contributed by atoms with Crippen molar-refractivity contribution in [2.75, 3.05) is 48.8 Å². The third-order valence-electron chi connectivity index (χ3n) is 7.72. The molecular weight excluding hydrogens is 492 g/mol. The molecule has 1 saturated carbocycles. The molecule has 2 aromatic heterocycles. The number of anilines is 3. The summed E-state index contributed by atoms with van der Waals surface area (Å²) in [5.74, 6) is 0.866. The van der Waals surface area contributed by atoms with Gasteiger partial charge in [-0.2, -0.15) is 4.98 Å². The highest BCUT2D eigenvalue weighted by Gasteiger charge is 2.20. The molecule has 2 aliphatic heterocycles. The number of hydrogen-bond donors (Lipinski definition) is 4. The molecule has 1 aliphatic carbocycles. The molecule has 0 atom stereocenters. The molecule has 0 bridgehead atoms. The van der Waals surface area contributed by atoms with E-state index in [0.29, 0.717) is 34.8 Å². The van der Waals surface area contributed by atoms with Gasteiger partial charge in [0.05, 0.1) is 11.9 Å². The molecule has 0 spiro atoms. The Balaban J connectivity index is 1.14. The number of likely N-dealkylation sites (N-methyl/N-ethyl adjacent to an activating group) is 1. The molecule has 39 heavy (non-hydrogen) atoms. The molecule has 3 aromatic rings. The summed E-state index contributed by atoms with van der Waals surface area (Å²) in [6.07, 6.45) is 11.0. The van der Waals surface area contributed by atoms with E-state index in [1.165, 1.54) is 19.3 Å². The molecule has 10 nitrogen and oxygen atoms in total. The average Bonchev–Trinajstić information content (AvgIpc) is 3.51. The number of aromatic hydroxyl groups is 1. The van der Waals surface area contributed by atoms with Crippen LogP contribution in [0, 0.1) is 0 Å². The van der Waals surface area contributed by atoms with E-state index in [1.807, 2.05) is 30.3 Å². The molecule has 202 valence electrons. The molecule has 1 amide bonds. The largest absolute Gasteiger partial charge is 0.492 e. The Morgan fingerprint density at radius 3 is 2.64 bits per heavy atom. The van der Waals surface area contributed by atoms with Gasteiger partial charge in [-0.1, -0.05) is 19.3 Å². The number of nitrogens with zero attached hydrogens (tertiary/aromatic N) is 5. The van der Waals surface area contributed by atoms with Crippen molar-refractivity contribution >= 4 is 46.9 Å². The molecule has 1 saturated heterocycles. The van der Waals surface area contributed by atoms with Crippen LogP contribution in [-0.4, -0.2) is 76.3 Å². The monoisotopic (exact) mass is 526 g/mol. The molecular formula is C29H34N8O2. The first-order valence-electron chi connectivity index (χ1n) is 13.7. The van der Waals surface area contributed by atoms with Gasteiger partial charge in [0.1, 0.15) is 5.69 Å². The van der Waals surface area contributed by atoms with Crippen LogP contribution in [0.4, 0.5) is 23.1 Å². The summed E-state index contributed by atoms with van der Waals surface area (Å²) in [7, 11) is 2.14. The lowest BCUT2D eigenvalue weighted by Crippen LogP contribution is -2.44. The fourth-order valence-electron chi connectivity index (χ4n) is 5.39. The van der Waals surface area contributed by atoms with Crippen molar-refractivity contribution in [2.24, 2.45) is 4.99 Å². The number of H-pyrrole nitrogens is 1. The van der Waals surface area contributed by atoms with Crippen LogP contribution in [0.5, 0.6) is 5.88 Å². The zero-order chi connectivity index (χ0) is 26.8. The summed E-state index contributed by atoms with van der Waals surface area (Å²) in [5, 5.41) is 16.8. The van der Waals surface area contributed by atoms with Crippen LogP contribution in [-0.2, 0) is 0 Å². The minimum absolute atomic E-state index is 0.0694. The number of fused-ring (bicyclic) bond motifs is 1. The normalized spacial score (nSPS) is 18.9. The van der Waals surface area contributed by atoms with E-state index in [2.05, 4.69) is 47.4 Å². The predicted molar refractivity (Wildman–Crippen MR) is 155 cm³/mol. The fraction of sp³-hybridized carbons (Fsp3) is 0.379. The lowest BCUT2D eigenvalue weighted by molar-refractivity contribution is 0.102. The SMILES string of the molecule is CN1CCN(c2ccc(C(=O)Nc3cnc4c(c3)C(=Cc3[nH]c(NC5CCCCC5)nc3O)C=N4)cc2)CC1. The van der Waals surface area contributed by atoms with Gasteiger partial charge in [-0.15, -0.1) is 0 Å². The lowest BCUT2D eigenvalue weighted by atomic mass is 9.96. The van der Waals surface area contributed by atoms with Gasteiger partial charge in [0.2, 0.25) is 11.8 Å². The number of aliphatic imine (C=N–C) groups is 1. The van der Waals surface area contributed by atoms with E-state index in [1.54, 1.807) is 18.5 Å². The van der Waals surface area contributed by atoms with Crippen LogP contribution in [0.2, 0.25) is 0 Å². The Morgan fingerprint density at radius 2 is 1.87 bits per heavy atom. The third kappa shape index (κ3) is 5.65. The Kier molecular flexibility index (Phi) is 7.02. The van der Waals surface area contributed by atoms with Crippen LogP contribution >= 0.6 is 0 Å². The summed E-state index contributed by atoms with van der Waals surface area (Å²) in [6.45, 7) is 4.03. The molecule has 3 aliphatic rings. The van der Waals surface area contributed by atoms with Crippen LogP contribution in [0.3, 0.4) is 0 Å². The number of piperazine rings is 1. The van der Waals surface area contributed by atoms with Crippen molar-refractivity contribution in [1.29, 1.82) is 0 Å². The van der Waals surface area contributed by atoms with Crippen molar-refractivity contribution < 1.29 is 9.90 Å². The van der Waals surface area contributed by atoms with Crippen molar-refractivity contribution in [3.8, 4) is 5.88 Å². The van der Waals surface area contributed by atoms with Crippen molar-refractivity contribution in [3.63, 3.8) is 0 Å². The van der Waals surface area contributed by atoms with Crippen LogP contribution in [0.25, 0.3) is 11.6 Å². The maximum absolute atomic E-state index is 13.0. The second kappa shape index (κ2) is 10.9. The van der Waals surface area contributed by atoms with E-state index < -0.39 is 0 Å². The number of benzene rings is 1. The van der Waals surface area contributed by atoms with Crippen molar-refractivity contribution in [1.82, 2.24) is 19.9 Å². The number of hydrogen-bond acceptors (Lipinski definition) is 8. The van der Waals surface area contributed by atoms with Crippen LogP contribution < -0.4 is 15.5 Å². The second-order valence-electron chi connectivity index (χ2n) is 10.5. The van der Waals surface area contributed by atoms with E-state index in [0.717, 1.165) is 55.8 Å². The summed E-state index contributed by atoms with van der Waals surface area (Å²) in [4.78, 5) is 33.9. The fourth-order valence-corrected chi connectivity index (χ4v) is 5.39.